The summed E-state index contributed by atoms with van der Waals surface area (Å²) < 4.78 is 42.9. The zero-order valence-corrected chi connectivity index (χ0v) is 13.6. The van der Waals surface area contributed by atoms with Gasteiger partial charge in [-0.2, -0.15) is 0 Å². The smallest absolute Gasteiger partial charge is 0.406 e. The molecule has 8 heteroatoms. The van der Waals surface area contributed by atoms with Crippen molar-refractivity contribution in [3.05, 3.63) is 42.5 Å². The van der Waals surface area contributed by atoms with E-state index in [1.165, 1.54) is 24.1 Å². The van der Waals surface area contributed by atoms with Crippen LogP contribution in [0.1, 0.15) is 19.4 Å². The Balaban J connectivity index is 2.15. The highest BCUT2D eigenvalue weighted by molar-refractivity contribution is 7.97. The maximum Gasteiger partial charge on any atom is 0.573 e. The van der Waals surface area contributed by atoms with E-state index in [4.69, 9.17) is 0 Å². The van der Waals surface area contributed by atoms with Gasteiger partial charge in [-0.15, -0.1) is 13.2 Å². The van der Waals surface area contributed by atoms with Gasteiger partial charge >= 0.3 is 6.36 Å². The quantitative estimate of drug-likeness (QED) is 0.799. The van der Waals surface area contributed by atoms with Crippen molar-refractivity contribution in [2.24, 2.45) is 5.92 Å². The van der Waals surface area contributed by atoms with Crippen molar-refractivity contribution in [1.82, 2.24) is 8.96 Å². The van der Waals surface area contributed by atoms with Crippen LogP contribution in [0.2, 0.25) is 0 Å². The molecule has 0 fully saturated rings. The maximum atomic E-state index is 12.4. The number of hydrogen-bond acceptors (Lipinski definition) is 4. The first kappa shape index (κ1) is 17.5. The molecule has 0 bridgehead atoms. The fourth-order valence-corrected chi connectivity index (χ4v) is 2.63. The molecule has 0 unspecified atom stereocenters. The van der Waals surface area contributed by atoms with Gasteiger partial charge in [-0.1, -0.05) is 13.8 Å². The molecule has 2 aromatic rings. The molecule has 0 radical (unpaired) electrons. The first-order chi connectivity index (χ1) is 10.8. The largest absolute Gasteiger partial charge is 0.573 e. The maximum absolute atomic E-state index is 12.4. The fourth-order valence-electron chi connectivity index (χ4n) is 1.84. The fraction of sp³-hybridized carbons (Fsp3) is 0.400. The summed E-state index contributed by atoms with van der Waals surface area (Å²) in [6, 6.07) is 4.36. The van der Waals surface area contributed by atoms with Crippen LogP contribution < -0.4 is 10.1 Å². The van der Waals surface area contributed by atoms with Crippen LogP contribution in [0, 0.1) is 5.92 Å². The van der Waals surface area contributed by atoms with Gasteiger partial charge in [0.05, 0.1) is 0 Å². The summed E-state index contributed by atoms with van der Waals surface area (Å²) >= 11 is 1.43. The lowest BCUT2D eigenvalue weighted by Gasteiger charge is -2.16. The Kier molecular flexibility index (Phi) is 5.81. The van der Waals surface area contributed by atoms with E-state index in [0.29, 0.717) is 11.7 Å². The lowest BCUT2D eigenvalue weighted by atomic mass is 10.1. The van der Waals surface area contributed by atoms with Crippen LogP contribution in [0.5, 0.6) is 5.75 Å². The second kappa shape index (κ2) is 7.63. The van der Waals surface area contributed by atoms with Crippen molar-refractivity contribution in [3.8, 4) is 5.75 Å². The van der Waals surface area contributed by atoms with Crippen LogP contribution in [0.4, 0.5) is 18.9 Å². The van der Waals surface area contributed by atoms with Gasteiger partial charge in [-0.05, 0) is 41.6 Å². The molecular weight excluding hydrogens is 327 g/mol. The van der Waals surface area contributed by atoms with Gasteiger partial charge in [0.15, 0.2) is 0 Å². The molecular formula is C15H18F3N3OS. The van der Waals surface area contributed by atoms with Crippen molar-refractivity contribution < 1.29 is 17.9 Å². The SMILES string of the molecule is CC(C)CNc1ccc(OC(F)(F)F)cc1CSn1ccnc1. The number of halogens is 3. The summed E-state index contributed by atoms with van der Waals surface area (Å²) in [5.41, 5.74) is 1.55. The third-order valence-corrected chi connectivity index (χ3v) is 3.81. The van der Waals surface area contributed by atoms with Crippen LogP contribution in [0.3, 0.4) is 0 Å². The normalized spacial score (nSPS) is 11.7. The van der Waals surface area contributed by atoms with E-state index in [-0.39, 0.29) is 5.75 Å². The van der Waals surface area contributed by atoms with Gasteiger partial charge in [-0.3, -0.25) is 3.97 Å². The Morgan fingerprint density at radius 3 is 2.74 bits per heavy atom. The zero-order valence-electron chi connectivity index (χ0n) is 12.8. The van der Waals surface area contributed by atoms with E-state index >= 15 is 0 Å². The van der Waals surface area contributed by atoms with Gasteiger partial charge in [0.2, 0.25) is 0 Å². The topological polar surface area (TPSA) is 39.1 Å². The average Bonchev–Trinajstić information content (AvgIpc) is 2.95. The second-order valence-electron chi connectivity index (χ2n) is 5.34. The molecule has 1 heterocycles. The van der Waals surface area contributed by atoms with Crippen molar-refractivity contribution in [3.63, 3.8) is 0 Å². The summed E-state index contributed by atoms with van der Waals surface area (Å²) in [5.74, 6) is 0.704. The summed E-state index contributed by atoms with van der Waals surface area (Å²) in [4.78, 5) is 3.94. The molecule has 1 aromatic heterocycles. The summed E-state index contributed by atoms with van der Waals surface area (Å²) in [5, 5.41) is 3.26. The summed E-state index contributed by atoms with van der Waals surface area (Å²) in [7, 11) is 0. The molecule has 1 aromatic carbocycles. The molecule has 0 atom stereocenters. The van der Waals surface area contributed by atoms with Crippen LogP contribution in [-0.2, 0) is 5.75 Å². The van der Waals surface area contributed by atoms with Crippen LogP contribution in [0.15, 0.2) is 36.9 Å². The van der Waals surface area contributed by atoms with E-state index in [2.05, 4.69) is 28.9 Å². The van der Waals surface area contributed by atoms with Crippen molar-refractivity contribution in [1.29, 1.82) is 0 Å². The van der Waals surface area contributed by atoms with E-state index in [0.717, 1.165) is 17.8 Å². The number of nitrogens with one attached hydrogen (secondary N) is 1. The predicted molar refractivity (Wildman–Crippen MR) is 85.4 cm³/mol. The lowest BCUT2D eigenvalue weighted by molar-refractivity contribution is -0.274. The Hall–Kier alpha value is -1.83. The van der Waals surface area contributed by atoms with E-state index < -0.39 is 6.36 Å². The number of nitrogens with zero attached hydrogens (tertiary/aromatic N) is 2. The Morgan fingerprint density at radius 1 is 1.35 bits per heavy atom. The molecule has 0 spiro atoms. The molecule has 23 heavy (non-hydrogen) atoms. The standard InChI is InChI=1S/C15H18F3N3OS/c1-11(2)8-20-14-4-3-13(22-15(16,17)18)7-12(14)9-23-21-6-5-19-10-21/h3-7,10-11,20H,8-9H2,1-2H3. The Morgan fingerprint density at radius 2 is 2.13 bits per heavy atom. The molecule has 126 valence electrons. The molecule has 0 aliphatic rings. The zero-order chi connectivity index (χ0) is 16.9. The summed E-state index contributed by atoms with van der Waals surface area (Å²) in [6.07, 6.45) is 0.375. The Labute approximate surface area is 137 Å². The van der Waals surface area contributed by atoms with Crippen molar-refractivity contribution >= 4 is 17.6 Å². The summed E-state index contributed by atoms with van der Waals surface area (Å²) in [6.45, 7) is 4.87. The molecule has 0 saturated carbocycles. The molecule has 2 rings (SSSR count). The van der Waals surface area contributed by atoms with E-state index in [1.54, 1.807) is 28.8 Å². The molecule has 0 aliphatic carbocycles. The average molecular weight is 345 g/mol. The van der Waals surface area contributed by atoms with E-state index in [1.807, 2.05) is 0 Å². The number of benzene rings is 1. The second-order valence-corrected chi connectivity index (χ2v) is 6.31. The third-order valence-electron chi connectivity index (χ3n) is 2.86. The first-order valence-electron chi connectivity index (χ1n) is 7.07. The number of ether oxygens (including phenoxy) is 1. The number of anilines is 1. The number of imidazole rings is 1. The highest BCUT2D eigenvalue weighted by atomic mass is 32.2. The van der Waals surface area contributed by atoms with Gasteiger partial charge in [0, 0.05) is 30.4 Å². The molecule has 1 N–H and O–H groups in total. The van der Waals surface area contributed by atoms with Gasteiger partial charge in [0.1, 0.15) is 12.1 Å². The molecule has 4 nitrogen and oxygen atoms in total. The highest BCUT2D eigenvalue weighted by Gasteiger charge is 2.31. The highest BCUT2D eigenvalue weighted by Crippen LogP contribution is 2.30. The van der Waals surface area contributed by atoms with Crippen LogP contribution in [0.25, 0.3) is 0 Å². The minimum absolute atomic E-state index is 0.214. The number of aromatic nitrogens is 2. The predicted octanol–water partition coefficient (Wildman–Crippen LogP) is 4.55. The number of rotatable bonds is 7. The van der Waals surface area contributed by atoms with Gasteiger partial charge < -0.3 is 10.1 Å². The molecule has 0 amide bonds. The van der Waals surface area contributed by atoms with Crippen LogP contribution >= 0.6 is 11.9 Å². The van der Waals surface area contributed by atoms with Gasteiger partial charge in [0.25, 0.3) is 0 Å². The van der Waals surface area contributed by atoms with Crippen molar-refractivity contribution in [2.45, 2.75) is 26.0 Å². The van der Waals surface area contributed by atoms with Crippen molar-refractivity contribution in [2.75, 3.05) is 11.9 Å². The monoisotopic (exact) mass is 345 g/mol. The number of alkyl halides is 3. The molecule has 0 aliphatic heterocycles. The van der Waals surface area contributed by atoms with Crippen LogP contribution in [-0.4, -0.2) is 21.9 Å². The minimum atomic E-state index is -4.69. The molecule has 0 saturated heterocycles. The first-order valence-corrected chi connectivity index (χ1v) is 8.01. The van der Waals surface area contributed by atoms with E-state index in [9.17, 15) is 13.2 Å². The Bertz CT molecular complexity index is 615. The minimum Gasteiger partial charge on any atom is -0.406 e. The number of hydrogen-bond donors (Lipinski definition) is 1. The lowest BCUT2D eigenvalue weighted by Crippen LogP contribution is -2.17. The third kappa shape index (κ3) is 6.05. The van der Waals surface area contributed by atoms with Gasteiger partial charge in [-0.25, -0.2) is 4.98 Å².